The first-order valence-electron chi connectivity index (χ1n) is 10.1. The molecule has 1 saturated carbocycles. The van der Waals surface area contributed by atoms with E-state index in [4.69, 9.17) is 11.6 Å². The van der Waals surface area contributed by atoms with Crippen LogP contribution >= 0.6 is 11.6 Å². The second-order valence-corrected chi connectivity index (χ2v) is 10.3. The van der Waals surface area contributed by atoms with Crippen molar-refractivity contribution in [3.63, 3.8) is 0 Å². The van der Waals surface area contributed by atoms with Gasteiger partial charge in [0.05, 0.1) is 14.1 Å². The first kappa shape index (κ1) is 18.8. The third kappa shape index (κ3) is 3.86. The van der Waals surface area contributed by atoms with Crippen LogP contribution in [0.25, 0.3) is 11.1 Å². The van der Waals surface area contributed by atoms with Gasteiger partial charge in [-0.3, -0.25) is 0 Å². The van der Waals surface area contributed by atoms with Gasteiger partial charge in [0.2, 0.25) is 0 Å². The maximum Gasteiger partial charge on any atom is 0.104 e. The molecule has 27 heavy (non-hydrogen) atoms. The number of fused-ring (bicyclic) bond motifs is 1. The van der Waals surface area contributed by atoms with Crippen molar-refractivity contribution >= 4 is 11.6 Å². The highest BCUT2D eigenvalue weighted by Crippen LogP contribution is 2.58. The number of benzene rings is 2. The van der Waals surface area contributed by atoms with Crippen LogP contribution < -0.4 is 0 Å². The first-order chi connectivity index (χ1) is 12.7. The summed E-state index contributed by atoms with van der Waals surface area (Å²) in [5.74, 6) is 1.71. The van der Waals surface area contributed by atoms with Gasteiger partial charge in [-0.25, -0.2) is 0 Å². The molecule has 0 spiro atoms. The number of allylic oxidation sites excluding steroid dienone is 1. The van der Waals surface area contributed by atoms with Gasteiger partial charge in [-0.05, 0) is 58.9 Å². The largest absolute Gasteiger partial charge is 0.321 e. The second kappa shape index (κ2) is 6.79. The van der Waals surface area contributed by atoms with Gasteiger partial charge < -0.3 is 4.48 Å². The Kier molecular flexibility index (Phi) is 4.72. The van der Waals surface area contributed by atoms with Crippen LogP contribution in [0.15, 0.2) is 60.2 Å². The summed E-state index contributed by atoms with van der Waals surface area (Å²) in [6, 6.07) is 17.1. The van der Waals surface area contributed by atoms with Crippen molar-refractivity contribution in [1.82, 2.24) is 0 Å². The van der Waals surface area contributed by atoms with Crippen LogP contribution in [0, 0.1) is 17.3 Å². The molecule has 2 atom stereocenters. The average molecular weight is 381 g/mol. The quantitative estimate of drug-likeness (QED) is 0.406. The van der Waals surface area contributed by atoms with Gasteiger partial charge in [0.15, 0.2) is 0 Å². The van der Waals surface area contributed by atoms with E-state index >= 15 is 0 Å². The summed E-state index contributed by atoms with van der Waals surface area (Å²) in [6.45, 7) is 7.12. The summed E-state index contributed by atoms with van der Waals surface area (Å²) in [6.07, 6.45) is 5.32. The molecule has 0 saturated heterocycles. The molecule has 2 bridgehead atoms. The number of quaternary nitrogens is 1. The molecule has 1 fully saturated rings. The van der Waals surface area contributed by atoms with Crippen molar-refractivity contribution in [3.8, 4) is 11.1 Å². The number of hydrogen-bond acceptors (Lipinski definition) is 0. The lowest BCUT2D eigenvalue weighted by molar-refractivity contribution is -0.899. The Morgan fingerprint density at radius 2 is 1.74 bits per heavy atom. The molecular formula is C25H31ClN+. The summed E-state index contributed by atoms with van der Waals surface area (Å²) in [4.78, 5) is 0. The predicted octanol–water partition coefficient (Wildman–Crippen LogP) is 6.58. The smallest absolute Gasteiger partial charge is 0.104 e. The molecular weight excluding hydrogens is 350 g/mol. The van der Waals surface area contributed by atoms with E-state index in [2.05, 4.69) is 64.4 Å². The van der Waals surface area contributed by atoms with Crippen molar-refractivity contribution in [2.75, 3.05) is 20.6 Å². The highest BCUT2D eigenvalue weighted by atomic mass is 35.5. The maximum atomic E-state index is 6.13. The molecule has 3 aliphatic carbocycles. The van der Waals surface area contributed by atoms with E-state index in [1.807, 2.05) is 18.2 Å². The van der Waals surface area contributed by atoms with Crippen molar-refractivity contribution in [1.29, 1.82) is 0 Å². The Morgan fingerprint density at radius 1 is 1.00 bits per heavy atom. The standard InChI is InChI=1S/C25H31ClN/c1-25(2)22-12-19(13-23(25)15-22)17-27(3,4)16-18-8-10-20(11-9-18)21-6-5-7-24(26)14-21/h5-12,14,22-23H,13,15-17H2,1-4H3/q+1/t22-,23+/m1/s1. The molecule has 0 amide bonds. The molecule has 142 valence electrons. The molecule has 0 unspecified atom stereocenters. The summed E-state index contributed by atoms with van der Waals surface area (Å²) in [5, 5.41) is 0.788. The Labute approximate surface area is 169 Å². The van der Waals surface area contributed by atoms with E-state index in [0.29, 0.717) is 5.41 Å². The minimum absolute atomic E-state index is 0.539. The van der Waals surface area contributed by atoms with Gasteiger partial charge in [-0.2, -0.15) is 0 Å². The molecule has 2 aromatic rings. The molecule has 5 rings (SSSR count). The van der Waals surface area contributed by atoms with Crippen molar-refractivity contribution in [3.05, 3.63) is 70.8 Å². The molecule has 0 N–H and O–H groups in total. The monoisotopic (exact) mass is 380 g/mol. The predicted molar refractivity (Wildman–Crippen MR) is 116 cm³/mol. The lowest BCUT2D eigenvalue weighted by Crippen LogP contribution is -2.49. The molecule has 2 heteroatoms. The SMILES string of the molecule is CC1(C)[C@H]2CC(C[N+](C)(C)Cc3ccc(-c4cccc(Cl)c4)cc3)=C[C@@H]1C2. The number of likely N-dealkylation sites (N-methyl/N-ethyl adjacent to an activating group) is 1. The minimum atomic E-state index is 0.539. The zero-order valence-corrected chi connectivity index (χ0v) is 17.8. The molecule has 3 aliphatic rings. The summed E-state index contributed by atoms with van der Waals surface area (Å²) < 4.78 is 1.02. The molecule has 0 aromatic heterocycles. The topological polar surface area (TPSA) is 0 Å². The fourth-order valence-corrected chi connectivity index (χ4v) is 5.23. The summed E-state index contributed by atoms with van der Waals surface area (Å²) in [5.41, 5.74) is 6.02. The minimum Gasteiger partial charge on any atom is -0.321 e. The van der Waals surface area contributed by atoms with Crippen LogP contribution in [0.1, 0.15) is 32.3 Å². The third-order valence-electron chi connectivity index (χ3n) is 6.85. The lowest BCUT2D eigenvalue weighted by atomic mass is 9.50. The summed E-state index contributed by atoms with van der Waals surface area (Å²) >= 11 is 6.13. The number of halogens is 1. The average Bonchev–Trinajstić information content (AvgIpc) is 2.61. The van der Waals surface area contributed by atoms with Crippen molar-refractivity contribution in [2.45, 2.75) is 33.2 Å². The van der Waals surface area contributed by atoms with E-state index in [1.165, 1.54) is 36.1 Å². The van der Waals surface area contributed by atoms with Gasteiger partial charge in [0.1, 0.15) is 13.1 Å². The Morgan fingerprint density at radius 3 is 2.33 bits per heavy atom. The molecule has 0 radical (unpaired) electrons. The van der Waals surface area contributed by atoms with Gasteiger partial charge >= 0.3 is 0 Å². The lowest BCUT2D eigenvalue weighted by Gasteiger charge is -2.55. The number of nitrogens with zero attached hydrogens (tertiary/aromatic N) is 1. The van der Waals surface area contributed by atoms with Gasteiger partial charge in [-0.1, -0.05) is 67.9 Å². The van der Waals surface area contributed by atoms with Crippen molar-refractivity contribution in [2.24, 2.45) is 17.3 Å². The molecule has 0 aliphatic heterocycles. The van der Waals surface area contributed by atoms with Gasteiger partial charge in [-0.15, -0.1) is 0 Å². The van der Waals surface area contributed by atoms with Crippen LogP contribution in [-0.4, -0.2) is 25.1 Å². The number of rotatable bonds is 5. The highest BCUT2D eigenvalue weighted by Gasteiger charge is 2.50. The Bertz CT molecular complexity index is 860. The van der Waals surface area contributed by atoms with Crippen LogP contribution in [-0.2, 0) is 6.54 Å². The van der Waals surface area contributed by atoms with Gasteiger partial charge in [0.25, 0.3) is 0 Å². The zero-order chi connectivity index (χ0) is 19.2. The van der Waals surface area contributed by atoms with Crippen LogP contribution in [0.2, 0.25) is 5.02 Å². The number of hydrogen-bond donors (Lipinski definition) is 0. The summed E-state index contributed by atoms with van der Waals surface area (Å²) in [7, 11) is 4.72. The molecule has 0 heterocycles. The Balaban J connectivity index is 1.42. The zero-order valence-electron chi connectivity index (χ0n) is 17.0. The third-order valence-corrected chi connectivity index (χ3v) is 7.08. The fourth-order valence-electron chi connectivity index (χ4n) is 5.04. The van der Waals surface area contributed by atoms with Crippen LogP contribution in [0.5, 0.6) is 0 Å². The van der Waals surface area contributed by atoms with E-state index in [-0.39, 0.29) is 0 Å². The van der Waals surface area contributed by atoms with E-state index in [1.54, 1.807) is 5.57 Å². The van der Waals surface area contributed by atoms with Crippen molar-refractivity contribution < 1.29 is 4.48 Å². The molecule has 1 nitrogen and oxygen atoms in total. The van der Waals surface area contributed by atoms with Gasteiger partial charge in [0, 0.05) is 10.6 Å². The van der Waals surface area contributed by atoms with E-state index in [9.17, 15) is 0 Å². The van der Waals surface area contributed by atoms with Crippen LogP contribution in [0.3, 0.4) is 0 Å². The maximum absolute atomic E-state index is 6.13. The normalized spacial score (nSPS) is 23.5. The van der Waals surface area contributed by atoms with Crippen LogP contribution in [0.4, 0.5) is 0 Å². The second-order valence-electron chi connectivity index (χ2n) is 9.85. The van der Waals surface area contributed by atoms with E-state index in [0.717, 1.165) is 27.9 Å². The first-order valence-corrected chi connectivity index (χ1v) is 10.5. The highest BCUT2D eigenvalue weighted by molar-refractivity contribution is 6.30. The Hall–Kier alpha value is -1.57. The molecule has 2 aromatic carbocycles. The fraction of sp³-hybridized carbons (Fsp3) is 0.440. The van der Waals surface area contributed by atoms with E-state index < -0.39 is 0 Å².